The van der Waals surface area contributed by atoms with Crippen molar-refractivity contribution in [1.82, 2.24) is 9.88 Å². The van der Waals surface area contributed by atoms with E-state index < -0.39 is 0 Å². The molecule has 0 aliphatic heterocycles. The molecule has 3 heteroatoms. The van der Waals surface area contributed by atoms with E-state index in [-0.39, 0.29) is 5.54 Å². The molecule has 1 heterocycles. The number of hydrogen-bond acceptors (Lipinski definition) is 3. The Kier molecular flexibility index (Phi) is 6.19. The van der Waals surface area contributed by atoms with Gasteiger partial charge >= 0.3 is 0 Å². The van der Waals surface area contributed by atoms with E-state index in [0.717, 1.165) is 32.0 Å². The van der Waals surface area contributed by atoms with Gasteiger partial charge in [0.15, 0.2) is 0 Å². The summed E-state index contributed by atoms with van der Waals surface area (Å²) in [4.78, 5) is 7.06. The molecule has 0 spiro atoms. The molecule has 0 amide bonds. The summed E-state index contributed by atoms with van der Waals surface area (Å²) in [6.45, 7) is 7.53. The van der Waals surface area contributed by atoms with Crippen molar-refractivity contribution in [3.63, 3.8) is 0 Å². The van der Waals surface area contributed by atoms with E-state index in [2.05, 4.69) is 35.9 Å². The number of nitrogens with two attached hydrogens (primary N) is 1. The van der Waals surface area contributed by atoms with Crippen LogP contribution in [0.1, 0.15) is 51.6 Å². The van der Waals surface area contributed by atoms with Gasteiger partial charge in [0.1, 0.15) is 0 Å². The molecule has 0 aromatic carbocycles. The van der Waals surface area contributed by atoms with Crippen LogP contribution in [0, 0.1) is 5.92 Å². The average Bonchev–Trinajstić information content (AvgIpc) is 2.56. The van der Waals surface area contributed by atoms with Gasteiger partial charge < -0.3 is 5.73 Å². The van der Waals surface area contributed by atoms with Crippen molar-refractivity contribution in [2.45, 2.75) is 57.9 Å². The van der Waals surface area contributed by atoms with Crippen molar-refractivity contribution >= 4 is 0 Å². The number of aromatic nitrogens is 1. The van der Waals surface area contributed by atoms with Gasteiger partial charge in [0, 0.05) is 36.9 Å². The molecule has 1 fully saturated rings. The van der Waals surface area contributed by atoms with Crippen LogP contribution >= 0.6 is 0 Å². The lowest BCUT2D eigenvalue weighted by Crippen LogP contribution is -2.56. The Hall–Kier alpha value is -0.930. The molecule has 0 atom stereocenters. The molecule has 21 heavy (non-hydrogen) atoms. The first kappa shape index (κ1) is 16.4. The summed E-state index contributed by atoms with van der Waals surface area (Å²) in [5.74, 6) is 0.916. The predicted octanol–water partition coefficient (Wildman–Crippen LogP) is 3.24. The quantitative estimate of drug-likeness (QED) is 0.838. The Morgan fingerprint density at radius 3 is 2.57 bits per heavy atom. The Balaban J connectivity index is 1.97. The van der Waals surface area contributed by atoms with Gasteiger partial charge in [0.2, 0.25) is 0 Å². The number of hydrogen-bond donors (Lipinski definition) is 1. The van der Waals surface area contributed by atoms with E-state index in [4.69, 9.17) is 5.73 Å². The second kappa shape index (κ2) is 7.90. The fraction of sp³-hybridized carbons (Fsp3) is 0.722. The minimum atomic E-state index is 0.231. The highest BCUT2D eigenvalue weighted by molar-refractivity contribution is 5.05. The van der Waals surface area contributed by atoms with E-state index in [1.54, 1.807) is 0 Å². The molecule has 1 aliphatic rings. The summed E-state index contributed by atoms with van der Waals surface area (Å²) in [5.41, 5.74) is 7.63. The van der Waals surface area contributed by atoms with Crippen molar-refractivity contribution in [1.29, 1.82) is 0 Å². The van der Waals surface area contributed by atoms with E-state index in [1.807, 2.05) is 12.3 Å². The summed E-state index contributed by atoms with van der Waals surface area (Å²) in [6.07, 6.45) is 9.43. The van der Waals surface area contributed by atoms with Crippen molar-refractivity contribution in [2.75, 3.05) is 19.6 Å². The third-order valence-corrected chi connectivity index (χ3v) is 5.41. The minimum absolute atomic E-state index is 0.231. The van der Waals surface area contributed by atoms with Gasteiger partial charge in [-0.25, -0.2) is 0 Å². The zero-order chi connectivity index (χ0) is 15.1. The first-order chi connectivity index (χ1) is 10.2. The zero-order valence-electron chi connectivity index (χ0n) is 13.7. The topological polar surface area (TPSA) is 42.1 Å². The fourth-order valence-corrected chi connectivity index (χ4v) is 3.80. The van der Waals surface area contributed by atoms with Crippen LogP contribution in [0.5, 0.6) is 0 Å². The minimum Gasteiger partial charge on any atom is -0.329 e. The van der Waals surface area contributed by atoms with Crippen LogP contribution in [0.3, 0.4) is 0 Å². The monoisotopic (exact) mass is 289 g/mol. The molecular formula is C18H31N3. The smallest absolute Gasteiger partial charge is 0.0416 e. The van der Waals surface area contributed by atoms with E-state index >= 15 is 0 Å². The molecule has 0 unspecified atom stereocenters. The Bertz CT molecular complexity index is 396. The van der Waals surface area contributed by atoms with Gasteiger partial charge in [-0.2, -0.15) is 0 Å². The number of nitrogens with zero attached hydrogens (tertiary/aromatic N) is 2. The molecule has 3 nitrogen and oxygen atoms in total. The third-order valence-electron chi connectivity index (χ3n) is 5.41. The molecule has 0 saturated heterocycles. The first-order valence-corrected chi connectivity index (χ1v) is 8.59. The second-order valence-electron chi connectivity index (χ2n) is 6.43. The molecule has 1 aliphatic carbocycles. The SMILES string of the molecule is CCC1CCC(CN)(N(CC)CCc2ccccn2)CC1. The number of rotatable bonds is 7. The van der Waals surface area contributed by atoms with Crippen LogP contribution < -0.4 is 5.73 Å². The second-order valence-corrected chi connectivity index (χ2v) is 6.43. The standard InChI is InChI=1S/C18H31N3/c1-3-16-8-11-18(15-19,12-9-16)21(4-2)14-10-17-7-5-6-13-20-17/h5-7,13,16H,3-4,8-12,14-15,19H2,1-2H3. The highest BCUT2D eigenvalue weighted by Crippen LogP contribution is 2.37. The van der Waals surface area contributed by atoms with Gasteiger partial charge in [-0.1, -0.05) is 26.3 Å². The van der Waals surface area contributed by atoms with Crippen molar-refractivity contribution in [2.24, 2.45) is 11.7 Å². The molecule has 2 N–H and O–H groups in total. The third kappa shape index (κ3) is 4.04. The van der Waals surface area contributed by atoms with Crippen molar-refractivity contribution in [3.8, 4) is 0 Å². The zero-order valence-corrected chi connectivity index (χ0v) is 13.7. The Morgan fingerprint density at radius 2 is 2.05 bits per heavy atom. The van der Waals surface area contributed by atoms with Gasteiger partial charge in [-0.15, -0.1) is 0 Å². The lowest BCUT2D eigenvalue weighted by molar-refractivity contribution is 0.0465. The molecule has 2 rings (SSSR count). The van der Waals surface area contributed by atoms with Crippen LogP contribution in [0.25, 0.3) is 0 Å². The van der Waals surface area contributed by atoms with Gasteiger partial charge in [-0.05, 0) is 50.3 Å². The van der Waals surface area contributed by atoms with Crippen LogP contribution in [-0.2, 0) is 6.42 Å². The highest BCUT2D eigenvalue weighted by atomic mass is 15.2. The molecular weight excluding hydrogens is 258 g/mol. The summed E-state index contributed by atoms with van der Waals surface area (Å²) in [7, 11) is 0. The summed E-state index contributed by atoms with van der Waals surface area (Å²) >= 11 is 0. The number of likely N-dealkylation sites (N-methyl/N-ethyl adjacent to an activating group) is 1. The molecule has 0 radical (unpaired) electrons. The fourth-order valence-electron chi connectivity index (χ4n) is 3.80. The Labute approximate surface area is 129 Å². The van der Waals surface area contributed by atoms with Crippen molar-refractivity contribution < 1.29 is 0 Å². The molecule has 0 bridgehead atoms. The van der Waals surface area contributed by atoms with Crippen LogP contribution in [0.2, 0.25) is 0 Å². The normalized spacial score (nSPS) is 26.2. The summed E-state index contributed by atoms with van der Waals surface area (Å²) < 4.78 is 0. The molecule has 1 aromatic rings. The number of pyridine rings is 1. The van der Waals surface area contributed by atoms with Crippen molar-refractivity contribution in [3.05, 3.63) is 30.1 Å². The van der Waals surface area contributed by atoms with Gasteiger partial charge in [0.05, 0.1) is 0 Å². The van der Waals surface area contributed by atoms with Crippen LogP contribution in [0.4, 0.5) is 0 Å². The highest BCUT2D eigenvalue weighted by Gasteiger charge is 2.37. The summed E-state index contributed by atoms with van der Waals surface area (Å²) in [5, 5.41) is 0. The largest absolute Gasteiger partial charge is 0.329 e. The van der Waals surface area contributed by atoms with Gasteiger partial charge in [-0.3, -0.25) is 9.88 Å². The van der Waals surface area contributed by atoms with E-state index in [9.17, 15) is 0 Å². The molecule has 118 valence electrons. The van der Waals surface area contributed by atoms with Crippen LogP contribution in [0.15, 0.2) is 24.4 Å². The lowest BCUT2D eigenvalue weighted by atomic mass is 9.74. The predicted molar refractivity (Wildman–Crippen MR) is 89.2 cm³/mol. The molecule has 1 saturated carbocycles. The maximum Gasteiger partial charge on any atom is 0.0416 e. The van der Waals surface area contributed by atoms with E-state index in [0.29, 0.717) is 0 Å². The Morgan fingerprint density at radius 1 is 1.29 bits per heavy atom. The average molecular weight is 289 g/mol. The van der Waals surface area contributed by atoms with Gasteiger partial charge in [0.25, 0.3) is 0 Å². The maximum absolute atomic E-state index is 6.21. The van der Waals surface area contributed by atoms with Crippen LogP contribution in [-0.4, -0.2) is 35.1 Å². The summed E-state index contributed by atoms with van der Waals surface area (Å²) in [6, 6.07) is 6.18. The lowest BCUT2D eigenvalue weighted by Gasteiger charge is -2.47. The maximum atomic E-state index is 6.21. The molecule has 1 aromatic heterocycles. The first-order valence-electron chi connectivity index (χ1n) is 8.59. The van der Waals surface area contributed by atoms with E-state index in [1.165, 1.54) is 37.8 Å².